The molecule has 0 unspecified atom stereocenters. The summed E-state index contributed by atoms with van der Waals surface area (Å²) in [6.07, 6.45) is 0. The normalized spacial score (nSPS) is 14.4. The maximum atomic E-state index is 12.9. The molecule has 154 valence electrons. The molecule has 0 spiro atoms. The number of hydrogen-bond acceptors (Lipinski definition) is 7. The number of ether oxygens (including phenoxy) is 3. The van der Waals surface area contributed by atoms with Crippen LogP contribution in [0.4, 0.5) is 0 Å². The van der Waals surface area contributed by atoms with E-state index in [1.165, 1.54) is 0 Å². The smallest absolute Gasteiger partial charge is 0.254 e. The van der Waals surface area contributed by atoms with Crippen LogP contribution < -0.4 is 14.2 Å². The topological polar surface area (TPSA) is 64.1 Å². The molecule has 3 rings (SSSR count). The zero-order valence-corrected chi connectivity index (χ0v) is 18.2. The molecule has 2 aromatic rings. The van der Waals surface area contributed by atoms with E-state index in [9.17, 15) is 4.79 Å². The van der Waals surface area contributed by atoms with Crippen molar-refractivity contribution in [1.82, 2.24) is 14.8 Å². The molecule has 1 aromatic heterocycles. The summed E-state index contributed by atoms with van der Waals surface area (Å²) in [4.78, 5) is 21.7. The Morgan fingerprint density at radius 1 is 1.07 bits per heavy atom. The maximum Gasteiger partial charge on any atom is 0.254 e. The van der Waals surface area contributed by atoms with E-state index in [-0.39, 0.29) is 18.3 Å². The third kappa shape index (κ3) is 4.87. The summed E-state index contributed by atoms with van der Waals surface area (Å²) >= 11 is 1.69. The Labute approximate surface area is 175 Å². The van der Waals surface area contributed by atoms with Gasteiger partial charge in [0.2, 0.25) is 5.75 Å². The standard InChI is InChI=1S/C19H25N3O4S.ClH/c1-13-12-27-17(20-13)11-21-5-7-22(8-6-21)19(23)14-9-15(24-2)18(26-4)16(10-14)25-3;/h9-10,12H,5-8,11H2,1-4H3;1H. The second kappa shape index (κ2) is 9.95. The highest BCUT2D eigenvalue weighted by Crippen LogP contribution is 2.38. The van der Waals surface area contributed by atoms with Gasteiger partial charge in [0.15, 0.2) is 11.5 Å². The number of halogens is 1. The zero-order valence-electron chi connectivity index (χ0n) is 16.6. The molecule has 1 aliphatic heterocycles. The third-order valence-corrected chi connectivity index (χ3v) is 5.55. The van der Waals surface area contributed by atoms with Gasteiger partial charge in [0, 0.05) is 42.8 Å². The first kappa shape index (κ1) is 22.3. The number of carbonyl (C=O) groups excluding carboxylic acids is 1. The largest absolute Gasteiger partial charge is 0.493 e. The van der Waals surface area contributed by atoms with Gasteiger partial charge in [0.1, 0.15) is 5.01 Å². The summed E-state index contributed by atoms with van der Waals surface area (Å²) in [6, 6.07) is 3.41. The monoisotopic (exact) mass is 427 g/mol. The fourth-order valence-corrected chi connectivity index (χ4v) is 3.98. The SMILES string of the molecule is COc1cc(C(=O)N2CCN(Cc3nc(C)cs3)CC2)cc(OC)c1OC.Cl. The highest BCUT2D eigenvalue weighted by Gasteiger charge is 2.25. The molecule has 0 aliphatic carbocycles. The lowest BCUT2D eigenvalue weighted by Gasteiger charge is -2.34. The van der Waals surface area contributed by atoms with Crippen molar-refractivity contribution >= 4 is 29.7 Å². The van der Waals surface area contributed by atoms with Crippen molar-refractivity contribution in [2.75, 3.05) is 47.5 Å². The van der Waals surface area contributed by atoms with Gasteiger partial charge in [-0.1, -0.05) is 0 Å². The van der Waals surface area contributed by atoms with Gasteiger partial charge in [-0.25, -0.2) is 4.98 Å². The molecule has 0 bridgehead atoms. The summed E-state index contributed by atoms with van der Waals surface area (Å²) < 4.78 is 16.0. The lowest BCUT2D eigenvalue weighted by atomic mass is 10.1. The number of methoxy groups -OCH3 is 3. The highest BCUT2D eigenvalue weighted by molar-refractivity contribution is 7.09. The van der Waals surface area contributed by atoms with E-state index >= 15 is 0 Å². The third-order valence-electron chi connectivity index (χ3n) is 4.60. The van der Waals surface area contributed by atoms with Gasteiger partial charge >= 0.3 is 0 Å². The Morgan fingerprint density at radius 3 is 2.14 bits per heavy atom. The molecule has 1 amide bonds. The molecule has 0 radical (unpaired) electrons. The van der Waals surface area contributed by atoms with Crippen molar-refractivity contribution in [3.63, 3.8) is 0 Å². The Balaban J connectivity index is 0.00000280. The van der Waals surface area contributed by atoms with Gasteiger partial charge in [0.25, 0.3) is 5.91 Å². The van der Waals surface area contributed by atoms with E-state index in [4.69, 9.17) is 14.2 Å². The average molecular weight is 428 g/mol. The van der Waals surface area contributed by atoms with Gasteiger partial charge in [-0.05, 0) is 19.1 Å². The van der Waals surface area contributed by atoms with Crippen LogP contribution in [-0.4, -0.2) is 68.2 Å². The number of hydrogen-bond donors (Lipinski definition) is 0. The maximum absolute atomic E-state index is 12.9. The Morgan fingerprint density at radius 2 is 1.68 bits per heavy atom. The van der Waals surface area contributed by atoms with E-state index in [1.807, 2.05) is 11.8 Å². The number of thiazole rings is 1. The minimum Gasteiger partial charge on any atom is -0.493 e. The second-order valence-electron chi connectivity index (χ2n) is 6.36. The predicted octanol–water partition coefficient (Wildman–Crippen LogP) is 2.86. The van der Waals surface area contributed by atoms with Crippen molar-refractivity contribution in [1.29, 1.82) is 0 Å². The molecule has 0 atom stereocenters. The van der Waals surface area contributed by atoms with Crippen LogP contribution in [0.15, 0.2) is 17.5 Å². The molecular weight excluding hydrogens is 402 g/mol. The molecule has 1 saturated heterocycles. The number of piperazine rings is 1. The number of amides is 1. The van der Waals surface area contributed by atoms with Crippen LogP contribution in [0.5, 0.6) is 17.2 Å². The number of aromatic nitrogens is 1. The second-order valence-corrected chi connectivity index (χ2v) is 7.31. The quantitative estimate of drug-likeness (QED) is 0.706. The average Bonchev–Trinajstić information content (AvgIpc) is 3.11. The first-order chi connectivity index (χ1) is 13.0. The lowest BCUT2D eigenvalue weighted by Crippen LogP contribution is -2.48. The number of rotatable bonds is 6. The Bertz CT molecular complexity index is 781. The summed E-state index contributed by atoms with van der Waals surface area (Å²) in [6.45, 7) is 5.86. The molecule has 2 heterocycles. The van der Waals surface area contributed by atoms with E-state index in [2.05, 4.69) is 15.3 Å². The molecule has 28 heavy (non-hydrogen) atoms. The summed E-state index contributed by atoms with van der Waals surface area (Å²) in [5.41, 5.74) is 1.60. The summed E-state index contributed by atoms with van der Waals surface area (Å²) in [5.74, 6) is 1.43. The number of nitrogens with zero attached hydrogens (tertiary/aromatic N) is 3. The zero-order chi connectivity index (χ0) is 19.4. The van der Waals surface area contributed by atoms with Crippen molar-refractivity contribution < 1.29 is 19.0 Å². The van der Waals surface area contributed by atoms with Crippen LogP contribution in [0.2, 0.25) is 0 Å². The summed E-state index contributed by atoms with van der Waals surface area (Å²) in [5, 5.41) is 3.19. The number of carbonyl (C=O) groups is 1. The molecule has 0 saturated carbocycles. The first-order valence-electron chi connectivity index (χ1n) is 8.78. The molecule has 1 aromatic carbocycles. The van der Waals surface area contributed by atoms with E-state index in [0.29, 0.717) is 35.9 Å². The molecule has 9 heteroatoms. The van der Waals surface area contributed by atoms with Crippen LogP contribution in [-0.2, 0) is 6.54 Å². The molecule has 1 fully saturated rings. The van der Waals surface area contributed by atoms with Crippen LogP contribution in [0.3, 0.4) is 0 Å². The van der Waals surface area contributed by atoms with Gasteiger partial charge in [-0.3, -0.25) is 9.69 Å². The number of benzene rings is 1. The minimum atomic E-state index is -0.0287. The van der Waals surface area contributed by atoms with Gasteiger partial charge in [-0.2, -0.15) is 0 Å². The van der Waals surface area contributed by atoms with Crippen LogP contribution >= 0.6 is 23.7 Å². The highest BCUT2D eigenvalue weighted by atomic mass is 35.5. The van der Waals surface area contributed by atoms with E-state index in [0.717, 1.165) is 30.3 Å². The van der Waals surface area contributed by atoms with Crippen LogP contribution in [0, 0.1) is 6.92 Å². The van der Waals surface area contributed by atoms with Gasteiger partial charge in [0.05, 0.1) is 27.9 Å². The van der Waals surface area contributed by atoms with Crippen LogP contribution in [0.1, 0.15) is 21.1 Å². The molecule has 7 nitrogen and oxygen atoms in total. The predicted molar refractivity (Wildman–Crippen MR) is 111 cm³/mol. The first-order valence-corrected chi connectivity index (χ1v) is 9.66. The molecule has 0 N–H and O–H groups in total. The Kier molecular flexibility index (Phi) is 7.91. The van der Waals surface area contributed by atoms with Crippen LogP contribution in [0.25, 0.3) is 0 Å². The van der Waals surface area contributed by atoms with Crippen molar-refractivity contribution in [3.05, 3.63) is 33.8 Å². The summed E-state index contributed by atoms with van der Waals surface area (Å²) in [7, 11) is 4.64. The Hall–Kier alpha value is -2.03. The van der Waals surface area contributed by atoms with Crippen molar-refractivity contribution in [2.24, 2.45) is 0 Å². The fraction of sp³-hybridized carbons (Fsp3) is 0.474. The van der Waals surface area contributed by atoms with E-state index < -0.39 is 0 Å². The minimum absolute atomic E-state index is 0. The van der Waals surface area contributed by atoms with Gasteiger partial charge in [-0.15, -0.1) is 23.7 Å². The van der Waals surface area contributed by atoms with E-state index in [1.54, 1.807) is 44.8 Å². The van der Waals surface area contributed by atoms with Gasteiger partial charge < -0.3 is 19.1 Å². The fourth-order valence-electron chi connectivity index (χ4n) is 3.16. The molecule has 1 aliphatic rings. The number of aryl methyl sites for hydroxylation is 1. The van der Waals surface area contributed by atoms with Crippen molar-refractivity contribution in [2.45, 2.75) is 13.5 Å². The molecular formula is C19H26ClN3O4S. The van der Waals surface area contributed by atoms with Crippen molar-refractivity contribution in [3.8, 4) is 17.2 Å². The lowest BCUT2D eigenvalue weighted by molar-refractivity contribution is 0.0627.